The van der Waals surface area contributed by atoms with Crippen LogP contribution in [0.4, 0.5) is 0 Å². The van der Waals surface area contributed by atoms with Crippen molar-refractivity contribution >= 4 is 21.8 Å². The molecule has 0 N–H and O–H groups in total. The summed E-state index contributed by atoms with van der Waals surface area (Å²) in [5.74, 6) is 3.26. The molecule has 0 aliphatic carbocycles. The van der Waals surface area contributed by atoms with Gasteiger partial charge in [-0.15, -0.1) is 0 Å². The summed E-state index contributed by atoms with van der Waals surface area (Å²) in [7, 11) is 0. The Morgan fingerprint density at radius 3 is 1.32 bits per heavy atom. The van der Waals surface area contributed by atoms with Crippen molar-refractivity contribution in [1.29, 1.82) is 0 Å². The van der Waals surface area contributed by atoms with E-state index in [1.807, 2.05) is 98.8 Å². The number of rotatable bonds is 8. The number of hydrogen-bond donors (Lipinski definition) is 0. The molecule has 11 aromatic rings. The number of nitrogens with zero attached hydrogens (tertiary/aromatic N) is 8. The van der Waals surface area contributed by atoms with Crippen LogP contribution in [-0.2, 0) is 0 Å². The Balaban J connectivity index is 1.19. The lowest BCUT2D eigenvalue weighted by Crippen LogP contribution is -2.03. The minimum absolute atomic E-state index is 0.589. The molecule has 7 aromatic carbocycles. The summed E-state index contributed by atoms with van der Waals surface area (Å²) in [6.45, 7) is 3.80. The molecule has 63 heavy (non-hydrogen) atoms. The van der Waals surface area contributed by atoms with E-state index < -0.39 is 0 Å². The van der Waals surface area contributed by atoms with Crippen molar-refractivity contribution in [2.75, 3.05) is 0 Å². The van der Waals surface area contributed by atoms with Crippen molar-refractivity contribution in [2.45, 2.75) is 13.8 Å². The van der Waals surface area contributed by atoms with Gasteiger partial charge in [0.1, 0.15) is 11.6 Å². The minimum atomic E-state index is 0.589. The predicted octanol–water partition coefficient (Wildman–Crippen LogP) is 12.8. The van der Waals surface area contributed by atoms with E-state index in [1.165, 1.54) is 0 Å². The van der Waals surface area contributed by atoms with Crippen molar-refractivity contribution in [2.24, 2.45) is 0 Å². The second kappa shape index (κ2) is 15.8. The van der Waals surface area contributed by atoms with Gasteiger partial charge < -0.3 is 4.57 Å². The van der Waals surface area contributed by atoms with Gasteiger partial charge in [0.25, 0.3) is 0 Å². The Hall–Kier alpha value is -8.49. The molecule has 8 heteroatoms. The fourth-order valence-corrected chi connectivity index (χ4v) is 8.34. The molecule has 0 atom stereocenters. The van der Waals surface area contributed by atoms with Gasteiger partial charge >= 0.3 is 0 Å². The molecule has 4 heterocycles. The first-order valence-electron chi connectivity index (χ1n) is 20.9. The van der Waals surface area contributed by atoms with Gasteiger partial charge in [-0.05, 0) is 62.4 Å². The van der Waals surface area contributed by atoms with Crippen LogP contribution in [0.1, 0.15) is 11.6 Å². The molecule has 8 nitrogen and oxygen atoms in total. The molecule has 0 unspecified atom stereocenters. The molecular formula is C55H38N8. The quantitative estimate of drug-likeness (QED) is 0.151. The third-order valence-corrected chi connectivity index (χ3v) is 11.3. The largest absolute Gasteiger partial charge is 0.309 e. The second-order valence-corrected chi connectivity index (χ2v) is 15.5. The van der Waals surface area contributed by atoms with E-state index >= 15 is 0 Å². The van der Waals surface area contributed by atoms with Crippen LogP contribution in [0.15, 0.2) is 194 Å². The van der Waals surface area contributed by atoms with Crippen LogP contribution in [0.2, 0.25) is 0 Å². The van der Waals surface area contributed by atoms with E-state index in [4.69, 9.17) is 29.9 Å². The van der Waals surface area contributed by atoms with Crippen molar-refractivity contribution < 1.29 is 0 Å². The van der Waals surface area contributed by atoms with Crippen LogP contribution in [0.25, 0.3) is 107 Å². The maximum atomic E-state index is 5.39. The van der Waals surface area contributed by atoms with Gasteiger partial charge in [-0.3, -0.25) is 0 Å². The fraction of sp³-hybridized carbons (Fsp3) is 0.0364. The van der Waals surface area contributed by atoms with E-state index in [0.29, 0.717) is 29.1 Å². The number of aromatic nitrogens is 8. The third-order valence-electron chi connectivity index (χ3n) is 11.3. The van der Waals surface area contributed by atoms with E-state index in [0.717, 1.165) is 89.2 Å². The highest BCUT2D eigenvalue weighted by Gasteiger charge is 2.22. The van der Waals surface area contributed by atoms with Crippen LogP contribution >= 0.6 is 0 Å². The Bertz CT molecular complexity index is 3320. The van der Waals surface area contributed by atoms with Gasteiger partial charge in [0, 0.05) is 49.7 Å². The lowest BCUT2D eigenvalue weighted by Gasteiger charge is -2.17. The molecule has 298 valence electrons. The maximum absolute atomic E-state index is 5.39. The molecule has 0 amide bonds. The van der Waals surface area contributed by atoms with Crippen LogP contribution in [0, 0.1) is 13.8 Å². The first-order valence-corrected chi connectivity index (χ1v) is 20.9. The average Bonchev–Trinajstić information content (AvgIpc) is 3.68. The van der Waals surface area contributed by atoms with Gasteiger partial charge in [-0.25, -0.2) is 34.9 Å². The second-order valence-electron chi connectivity index (χ2n) is 15.5. The fourth-order valence-electron chi connectivity index (χ4n) is 8.34. The number of benzene rings is 7. The van der Waals surface area contributed by atoms with Crippen molar-refractivity contribution in [3.63, 3.8) is 0 Å². The molecule has 11 rings (SSSR count). The van der Waals surface area contributed by atoms with Gasteiger partial charge in [0.2, 0.25) is 0 Å². The zero-order chi connectivity index (χ0) is 42.3. The predicted molar refractivity (Wildman–Crippen MR) is 253 cm³/mol. The van der Waals surface area contributed by atoms with E-state index in [-0.39, 0.29) is 0 Å². The highest BCUT2D eigenvalue weighted by Crippen LogP contribution is 2.40. The Morgan fingerprint density at radius 1 is 0.302 bits per heavy atom. The Kier molecular flexibility index (Phi) is 9.43. The van der Waals surface area contributed by atoms with Gasteiger partial charge in [-0.2, -0.15) is 0 Å². The standard InChI is InChI=1S/C55H38N8/c1-35-56-36(2)58-54(57-35)42-28-30-51-44(32-42)43-25-15-16-26-50(43)63(51)52-29-27-41(49-34-46(37-17-7-3-8-18-37)59-53(60-49)40-23-13-6-14-24-40)31-45(52)55-61-47(38-19-9-4-10-20-38)33-48(62-55)39-21-11-5-12-22-39/h3-34H,1-2H3. The summed E-state index contributed by atoms with van der Waals surface area (Å²) in [5, 5.41) is 2.18. The first-order chi connectivity index (χ1) is 31.0. The van der Waals surface area contributed by atoms with Crippen LogP contribution in [0.3, 0.4) is 0 Å². The number of aryl methyl sites for hydroxylation is 2. The molecule has 0 saturated carbocycles. The molecular weight excluding hydrogens is 773 g/mol. The molecule has 0 aliphatic rings. The highest BCUT2D eigenvalue weighted by molar-refractivity contribution is 6.11. The van der Waals surface area contributed by atoms with E-state index in [9.17, 15) is 0 Å². The lowest BCUT2D eigenvalue weighted by molar-refractivity contribution is 0.929. The summed E-state index contributed by atoms with van der Waals surface area (Å²) in [6.07, 6.45) is 0. The lowest BCUT2D eigenvalue weighted by atomic mass is 10.0. The SMILES string of the molecule is Cc1nc(C)nc(-c2ccc3c(c2)c2ccccc2n3-c2ccc(-c3cc(-c4ccccc4)nc(-c4ccccc4)n3)cc2-c2nc(-c3ccccc3)cc(-c3ccccc3)n2)n1. The third kappa shape index (κ3) is 7.19. The Labute approximate surface area is 364 Å². The monoisotopic (exact) mass is 810 g/mol. The summed E-state index contributed by atoms with van der Waals surface area (Å²) in [5.41, 5.74) is 12.9. The summed E-state index contributed by atoms with van der Waals surface area (Å²) in [6, 6.07) is 66.6. The van der Waals surface area contributed by atoms with Crippen LogP contribution in [-0.4, -0.2) is 39.5 Å². The zero-order valence-corrected chi connectivity index (χ0v) is 34.6. The van der Waals surface area contributed by atoms with Gasteiger partial charge in [0.05, 0.1) is 39.5 Å². The molecule has 0 fully saturated rings. The summed E-state index contributed by atoms with van der Waals surface area (Å²) in [4.78, 5) is 34.9. The smallest absolute Gasteiger partial charge is 0.163 e. The first kappa shape index (κ1) is 37.5. The van der Waals surface area contributed by atoms with Crippen molar-refractivity contribution in [3.8, 4) is 84.9 Å². The highest BCUT2D eigenvalue weighted by atomic mass is 15.0. The molecule has 0 radical (unpaired) electrons. The van der Waals surface area contributed by atoms with Crippen molar-refractivity contribution in [1.82, 2.24) is 39.5 Å². The van der Waals surface area contributed by atoms with Crippen molar-refractivity contribution in [3.05, 3.63) is 206 Å². The Morgan fingerprint density at radius 2 is 0.746 bits per heavy atom. The molecule has 0 bridgehead atoms. The molecule has 4 aromatic heterocycles. The van der Waals surface area contributed by atoms with Gasteiger partial charge in [0.15, 0.2) is 17.5 Å². The normalized spacial score (nSPS) is 11.3. The number of hydrogen-bond acceptors (Lipinski definition) is 7. The number of fused-ring (bicyclic) bond motifs is 3. The minimum Gasteiger partial charge on any atom is -0.309 e. The molecule has 0 spiro atoms. The summed E-state index contributed by atoms with van der Waals surface area (Å²) < 4.78 is 2.32. The van der Waals surface area contributed by atoms with Crippen LogP contribution in [0.5, 0.6) is 0 Å². The zero-order valence-electron chi connectivity index (χ0n) is 34.6. The van der Waals surface area contributed by atoms with Gasteiger partial charge in [-0.1, -0.05) is 146 Å². The molecule has 0 aliphatic heterocycles. The van der Waals surface area contributed by atoms with E-state index in [1.54, 1.807) is 0 Å². The summed E-state index contributed by atoms with van der Waals surface area (Å²) >= 11 is 0. The van der Waals surface area contributed by atoms with Crippen LogP contribution < -0.4 is 0 Å². The maximum Gasteiger partial charge on any atom is 0.163 e. The molecule has 0 saturated heterocycles. The number of para-hydroxylation sites is 1. The topological polar surface area (TPSA) is 95.2 Å². The average molecular weight is 811 g/mol. The van der Waals surface area contributed by atoms with E-state index in [2.05, 4.69) is 119 Å².